The van der Waals surface area contributed by atoms with Gasteiger partial charge in [0, 0.05) is 0 Å². The molecule has 1 nitrogen and oxygen atoms in total. The van der Waals surface area contributed by atoms with Gasteiger partial charge < -0.3 is 0 Å². The molecule has 0 amide bonds. The summed E-state index contributed by atoms with van der Waals surface area (Å²) in [4.78, 5) is 0. The first-order chi connectivity index (χ1) is 5.08. The van der Waals surface area contributed by atoms with Crippen molar-refractivity contribution in [1.29, 1.82) is 0 Å². The Balaban J connectivity index is 2.66. The number of hydrogen-bond acceptors (Lipinski definition) is 1. The molecule has 1 rings (SSSR count). The molecule has 0 unspecified atom stereocenters. The summed E-state index contributed by atoms with van der Waals surface area (Å²) < 4.78 is 12.6. The summed E-state index contributed by atoms with van der Waals surface area (Å²) in [5.41, 5.74) is 0. The number of benzene rings is 1. The Morgan fingerprint density at radius 1 is 1.00 bits per heavy atom. The number of rotatable bonds is 2. The Labute approximate surface area is 73.4 Å². The molecule has 0 N–H and O–H groups in total. The van der Waals surface area contributed by atoms with E-state index in [2.05, 4.69) is 13.9 Å². The maximum atomic E-state index is 5.81. The topological polar surface area (TPSA) is 9.23 Å². The van der Waals surface area contributed by atoms with Crippen LogP contribution in [0.25, 0.3) is 0 Å². The Morgan fingerprint density at radius 3 is 2.00 bits per heavy atom. The molecule has 0 fully saturated rings. The Kier molecular flexibility index (Phi) is 2.89. The first-order valence-corrected chi connectivity index (χ1v) is 12.2. The van der Waals surface area contributed by atoms with Gasteiger partial charge in [0.25, 0.3) is 0 Å². The van der Waals surface area contributed by atoms with E-state index in [1.165, 1.54) is 0 Å². The van der Waals surface area contributed by atoms with E-state index in [0.717, 1.165) is 5.75 Å². The second-order valence-corrected chi connectivity index (χ2v) is 14.4. The molecule has 0 aliphatic carbocycles. The number of hydrogen-bond donors (Lipinski definition) is 0. The average Bonchev–Trinajstić information content (AvgIpc) is 1.85. The second-order valence-electron chi connectivity index (χ2n) is 3.53. The molecular weight excluding hydrogens is 215 g/mol. The van der Waals surface area contributed by atoms with Crippen molar-refractivity contribution in [2.24, 2.45) is 0 Å². The zero-order valence-corrected chi connectivity index (χ0v) is 9.75. The summed E-state index contributed by atoms with van der Waals surface area (Å²) in [7, 11) is 0. The van der Waals surface area contributed by atoms with E-state index in [4.69, 9.17) is 2.81 Å². The summed E-state index contributed by atoms with van der Waals surface area (Å²) >= 11 is -2.06. The molecule has 60 valence electrons. The van der Waals surface area contributed by atoms with Gasteiger partial charge in [-0.05, 0) is 0 Å². The van der Waals surface area contributed by atoms with Crippen molar-refractivity contribution >= 4 is 0 Å². The molecule has 0 saturated carbocycles. The van der Waals surface area contributed by atoms with Crippen molar-refractivity contribution in [2.75, 3.05) is 0 Å². The van der Waals surface area contributed by atoms with Crippen molar-refractivity contribution < 1.29 is 23.5 Å². The van der Waals surface area contributed by atoms with Crippen LogP contribution in [0.3, 0.4) is 0 Å². The van der Waals surface area contributed by atoms with Crippen LogP contribution in [0.2, 0.25) is 13.9 Å². The molecule has 0 aromatic heterocycles. The molecule has 0 heterocycles. The van der Waals surface area contributed by atoms with Gasteiger partial charge in [-0.2, -0.15) is 0 Å². The predicted molar refractivity (Wildman–Crippen MR) is 44.7 cm³/mol. The third kappa shape index (κ3) is 3.72. The minimum absolute atomic E-state index is 1.02. The van der Waals surface area contributed by atoms with E-state index >= 15 is 0 Å². The van der Waals surface area contributed by atoms with Gasteiger partial charge in [0.2, 0.25) is 0 Å². The van der Waals surface area contributed by atoms with Crippen molar-refractivity contribution in [2.45, 2.75) is 13.9 Å². The van der Waals surface area contributed by atoms with Crippen molar-refractivity contribution in [3.8, 4) is 5.75 Å². The van der Waals surface area contributed by atoms with E-state index in [1.807, 2.05) is 30.3 Å². The molecule has 1 aromatic carbocycles. The van der Waals surface area contributed by atoms with Crippen LogP contribution in [0.1, 0.15) is 0 Å². The summed E-state index contributed by atoms with van der Waals surface area (Å²) in [6.07, 6.45) is 0. The summed E-state index contributed by atoms with van der Waals surface area (Å²) in [6.45, 7) is 0. The minimum atomic E-state index is -2.06. The van der Waals surface area contributed by atoms with Crippen LogP contribution in [-0.2, 0) is 20.7 Å². The van der Waals surface area contributed by atoms with Crippen LogP contribution in [0.5, 0.6) is 5.75 Å². The van der Waals surface area contributed by atoms with Gasteiger partial charge in [-0.15, -0.1) is 0 Å². The molecule has 0 atom stereocenters. The third-order valence-corrected chi connectivity index (χ3v) is 3.25. The van der Waals surface area contributed by atoms with Crippen LogP contribution in [-0.4, -0.2) is 0 Å². The van der Waals surface area contributed by atoms with Gasteiger partial charge in [-0.3, -0.25) is 0 Å². The molecule has 0 saturated heterocycles. The molecule has 0 aliphatic heterocycles. The van der Waals surface area contributed by atoms with Gasteiger partial charge in [-0.1, -0.05) is 0 Å². The van der Waals surface area contributed by atoms with Crippen molar-refractivity contribution in [3.05, 3.63) is 30.3 Å². The van der Waals surface area contributed by atoms with Crippen LogP contribution in [0.4, 0.5) is 0 Å². The summed E-state index contributed by atoms with van der Waals surface area (Å²) in [5.74, 6) is 1.02. The second kappa shape index (κ2) is 3.53. The Bertz CT molecular complexity index is 213. The van der Waals surface area contributed by atoms with Crippen molar-refractivity contribution in [1.82, 2.24) is 0 Å². The van der Waals surface area contributed by atoms with Crippen LogP contribution in [0, 0.1) is 0 Å². The monoisotopic (exact) mass is 228 g/mol. The Morgan fingerprint density at radius 2 is 1.55 bits per heavy atom. The van der Waals surface area contributed by atoms with Crippen LogP contribution in [0.15, 0.2) is 30.3 Å². The van der Waals surface area contributed by atoms with Crippen LogP contribution >= 0.6 is 0 Å². The fraction of sp³-hybridized carbons (Fsp3) is 0.333. The maximum absolute atomic E-state index is 5.81. The van der Waals surface area contributed by atoms with Crippen LogP contribution < -0.4 is 2.81 Å². The predicted octanol–water partition coefficient (Wildman–Crippen LogP) is 3.28. The zero-order chi connectivity index (χ0) is 8.32. The molecule has 0 radical (unpaired) electrons. The molecule has 0 bridgehead atoms. The average molecular weight is 229 g/mol. The van der Waals surface area contributed by atoms with E-state index in [9.17, 15) is 0 Å². The zero-order valence-electron chi connectivity index (χ0n) is 7.29. The van der Waals surface area contributed by atoms with Gasteiger partial charge in [0.15, 0.2) is 0 Å². The fourth-order valence-electron chi connectivity index (χ4n) is 0.842. The van der Waals surface area contributed by atoms with Gasteiger partial charge in [0.05, 0.1) is 0 Å². The standard InChI is InChI=1S/C6H6O.3CH3.Zr/c7-6-4-2-1-3-5-6;;;;/h1-5,7H;3*1H3;/q;;;;+1/p-1. The molecule has 0 spiro atoms. The van der Waals surface area contributed by atoms with E-state index in [0.29, 0.717) is 0 Å². The van der Waals surface area contributed by atoms with Gasteiger partial charge in [0.1, 0.15) is 0 Å². The summed E-state index contributed by atoms with van der Waals surface area (Å²) in [6, 6.07) is 10.1. The number of para-hydroxylation sites is 1. The molecule has 1 aromatic rings. The summed E-state index contributed by atoms with van der Waals surface area (Å²) in [5, 5.41) is 0. The van der Waals surface area contributed by atoms with Gasteiger partial charge >= 0.3 is 73.5 Å². The molecule has 2 heteroatoms. The first-order valence-electron chi connectivity index (χ1n) is 3.82. The third-order valence-electron chi connectivity index (χ3n) is 1.17. The quantitative estimate of drug-likeness (QED) is 0.756. The SMILES string of the molecule is [CH3][Zr]([CH3])([CH3])[O]c1ccccc1. The van der Waals surface area contributed by atoms with E-state index in [-0.39, 0.29) is 0 Å². The normalized spacial score (nSPS) is 11.2. The van der Waals surface area contributed by atoms with Crippen molar-refractivity contribution in [3.63, 3.8) is 0 Å². The molecule has 0 aliphatic rings. The van der Waals surface area contributed by atoms with E-state index in [1.54, 1.807) is 0 Å². The van der Waals surface area contributed by atoms with Gasteiger partial charge in [-0.25, -0.2) is 0 Å². The first kappa shape index (κ1) is 8.99. The molecular formula is C9H14OZr. The molecule has 11 heavy (non-hydrogen) atoms. The fourth-order valence-corrected chi connectivity index (χ4v) is 2.91. The van der Waals surface area contributed by atoms with E-state index < -0.39 is 20.7 Å². The Hall–Kier alpha value is -0.0969.